The van der Waals surface area contributed by atoms with Crippen LogP contribution >= 0.6 is 0 Å². The summed E-state index contributed by atoms with van der Waals surface area (Å²) in [5, 5.41) is 17.3. The van der Waals surface area contributed by atoms with E-state index in [1.807, 2.05) is 55.5 Å². The van der Waals surface area contributed by atoms with E-state index in [2.05, 4.69) is 19.4 Å². The quantitative estimate of drug-likeness (QED) is 0.301. The molecular formula is C32H27N5O7. The molecule has 0 spiro atoms. The Labute approximate surface area is 249 Å². The number of aliphatic hydroxyl groups excluding tert-OH is 1. The number of carbonyl (C=O) groups excluding carboxylic acids is 2. The number of aliphatic hydroxyl groups is 1. The van der Waals surface area contributed by atoms with Crippen LogP contribution in [0.1, 0.15) is 41.7 Å². The minimum Gasteiger partial charge on any atom is -0.448 e. The van der Waals surface area contributed by atoms with Crippen molar-refractivity contribution >= 4 is 55.6 Å². The number of benzene rings is 3. The monoisotopic (exact) mass is 593 g/mol. The molecule has 0 radical (unpaired) electrons. The standard InChI is InChI=1S/C32H27N5O7/c1-32-28(41-3)19(35(2)31(40)43-20-13-42-14-33-20)12-21(44-32)36-17-10-6-4-8-15(17)22-24-25(30(39)34-29(24)38)23-16-9-5-7-11-18(16)37(32)27(23)26(22)36/h4-11,13-14,19,21,28,30,39H,12H2,1-3H3,(H,34,38)/t19-,21-,28-,30?,32+/m1/s1. The number of likely N-dealkylation sites (N-methyl/N-ethyl adjacent to an activating group) is 1. The molecule has 3 aromatic carbocycles. The van der Waals surface area contributed by atoms with Crippen LogP contribution in [0.4, 0.5) is 4.79 Å². The van der Waals surface area contributed by atoms with Gasteiger partial charge in [-0.15, -0.1) is 0 Å². The molecule has 6 heterocycles. The van der Waals surface area contributed by atoms with Gasteiger partial charge in [-0.1, -0.05) is 36.4 Å². The Bertz CT molecular complexity index is 2200. The molecule has 0 saturated carbocycles. The van der Waals surface area contributed by atoms with E-state index in [0.29, 0.717) is 17.5 Å². The Kier molecular flexibility index (Phi) is 4.99. The first-order valence-corrected chi connectivity index (χ1v) is 14.4. The third-order valence-corrected chi connectivity index (χ3v) is 9.63. The first kappa shape index (κ1) is 25.6. The van der Waals surface area contributed by atoms with Crippen LogP contribution in [0.2, 0.25) is 0 Å². The fourth-order valence-electron chi connectivity index (χ4n) is 7.99. The average Bonchev–Trinajstić information content (AvgIpc) is 3.78. The highest BCUT2D eigenvalue weighted by Crippen LogP contribution is 2.55. The topological polar surface area (TPSA) is 133 Å². The van der Waals surface area contributed by atoms with Gasteiger partial charge in [-0.05, 0) is 19.1 Å². The number of nitrogens with zero attached hydrogens (tertiary/aromatic N) is 4. The molecule has 1 unspecified atom stereocenters. The number of para-hydroxylation sites is 2. The van der Waals surface area contributed by atoms with Crippen LogP contribution < -0.4 is 10.1 Å². The molecule has 2 amide bonds. The first-order chi connectivity index (χ1) is 21.3. The highest BCUT2D eigenvalue weighted by molar-refractivity contribution is 6.31. The summed E-state index contributed by atoms with van der Waals surface area (Å²) in [4.78, 5) is 32.5. The van der Waals surface area contributed by atoms with Gasteiger partial charge in [0.25, 0.3) is 11.8 Å². The summed E-state index contributed by atoms with van der Waals surface area (Å²) < 4.78 is 28.1. The number of amides is 2. The minimum absolute atomic E-state index is 0.0569. The van der Waals surface area contributed by atoms with Crippen molar-refractivity contribution in [1.82, 2.24) is 24.3 Å². The van der Waals surface area contributed by atoms with Crippen molar-refractivity contribution in [1.29, 1.82) is 0 Å². The van der Waals surface area contributed by atoms with Crippen molar-refractivity contribution < 1.29 is 33.3 Å². The summed E-state index contributed by atoms with van der Waals surface area (Å²) in [6.45, 7) is 1.97. The van der Waals surface area contributed by atoms with Gasteiger partial charge in [0.05, 0.1) is 33.7 Å². The number of hydrogen-bond acceptors (Lipinski definition) is 8. The molecule has 0 aliphatic carbocycles. The van der Waals surface area contributed by atoms with E-state index in [0.717, 1.165) is 43.6 Å². The van der Waals surface area contributed by atoms with Crippen LogP contribution in [0.15, 0.2) is 65.6 Å². The van der Waals surface area contributed by atoms with E-state index in [-0.39, 0.29) is 11.8 Å². The fraction of sp³-hybridized carbons (Fsp3) is 0.281. The largest absolute Gasteiger partial charge is 0.448 e. The number of carbonyl (C=O) groups is 2. The van der Waals surface area contributed by atoms with E-state index in [1.54, 1.807) is 14.2 Å². The van der Waals surface area contributed by atoms with E-state index >= 15 is 0 Å². The predicted octanol–water partition coefficient (Wildman–Crippen LogP) is 4.74. The van der Waals surface area contributed by atoms with Gasteiger partial charge < -0.3 is 43.1 Å². The Morgan fingerprint density at radius 1 is 1.11 bits per heavy atom. The molecule has 9 rings (SSSR count). The van der Waals surface area contributed by atoms with Gasteiger partial charge in [0, 0.05) is 47.7 Å². The molecule has 3 aliphatic heterocycles. The number of nitrogens with one attached hydrogen (secondary N) is 1. The minimum atomic E-state index is -1.18. The van der Waals surface area contributed by atoms with Crippen molar-refractivity contribution in [3.05, 3.63) is 72.3 Å². The molecular weight excluding hydrogens is 566 g/mol. The lowest BCUT2D eigenvalue weighted by molar-refractivity contribution is -0.264. The molecule has 3 aromatic heterocycles. The number of hydrogen-bond donors (Lipinski definition) is 2. The van der Waals surface area contributed by atoms with Gasteiger partial charge in [0.2, 0.25) is 0 Å². The van der Waals surface area contributed by atoms with Gasteiger partial charge >= 0.3 is 6.09 Å². The fourth-order valence-corrected chi connectivity index (χ4v) is 7.99. The van der Waals surface area contributed by atoms with E-state index < -0.39 is 36.4 Å². The van der Waals surface area contributed by atoms with Gasteiger partial charge in [-0.3, -0.25) is 4.79 Å². The zero-order chi connectivity index (χ0) is 30.1. The number of fused-ring (bicyclic) bond motifs is 13. The lowest BCUT2D eigenvalue weighted by atomic mass is 9.92. The van der Waals surface area contributed by atoms with Crippen LogP contribution in [-0.2, 0) is 15.2 Å². The average molecular weight is 594 g/mol. The van der Waals surface area contributed by atoms with Gasteiger partial charge in [-0.25, -0.2) is 4.79 Å². The van der Waals surface area contributed by atoms with E-state index in [9.17, 15) is 14.7 Å². The molecule has 12 nitrogen and oxygen atoms in total. The van der Waals surface area contributed by atoms with Crippen LogP contribution in [0.3, 0.4) is 0 Å². The molecule has 2 bridgehead atoms. The van der Waals surface area contributed by atoms with Crippen molar-refractivity contribution in [3.63, 3.8) is 0 Å². The third kappa shape index (κ3) is 2.99. The number of oxazole rings is 1. The zero-order valence-electron chi connectivity index (χ0n) is 24.0. The van der Waals surface area contributed by atoms with Gasteiger partial charge in [-0.2, -0.15) is 4.98 Å². The van der Waals surface area contributed by atoms with Crippen LogP contribution in [0.25, 0.3) is 43.6 Å². The number of rotatable bonds is 3. The normalized spacial score (nSPS) is 25.6. The van der Waals surface area contributed by atoms with Crippen LogP contribution in [-0.4, -0.2) is 62.4 Å². The summed E-state index contributed by atoms with van der Waals surface area (Å²) in [5.41, 5.74) is 3.25. The summed E-state index contributed by atoms with van der Waals surface area (Å²) in [7, 11) is 3.28. The highest BCUT2D eigenvalue weighted by atomic mass is 16.6. The Balaban J connectivity index is 1.41. The smallest absolute Gasteiger partial charge is 0.416 e. The number of methoxy groups -OCH3 is 1. The number of ether oxygens (including phenoxy) is 3. The summed E-state index contributed by atoms with van der Waals surface area (Å²) in [6, 6.07) is 15.3. The van der Waals surface area contributed by atoms with Crippen LogP contribution in [0, 0.1) is 0 Å². The Morgan fingerprint density at radius 2 is 1.84 bits per heavy atom. The molecule has 222 valence electrons. The lowest BCUT2D eigenvalue weighted by Crippen LogP contribution is -2.61. The Hall–Kier alpha value is -4.91. The summed E-state index contributed by atoms with van der Waals surface area (Å²) in [5.74, 6) is -0.266. The molecule has 6 aromatic rings. The first-order valence-electron chi connectivity index (χ1n) is 14.4. The number of aromatic nitrogens is 3. The highest BCUT2D eigenvalue weighted by Gasteiger charge is 2.55. The van der Waals surface area contributed by atoms with Crippen molar-refractivity contribution in [2.24, 2.45) is 0 Å². The maximum atomic E-state index is 13.6. The molecule has 44 heavy (non-hydrogen) atoms. The zero-order valence-corrected chi connectivity index (χ0v) is 24.0. The molecule has 5 atom stereocenters. The van der Waals surface area contributed by atoms with Crippen molar-refractivity contribution in [2.45, 2.75) is 43.7 Å². The van der Waals surface area contributed by atoms with Crippen molar-refractivity contribution in [2.75, 3.05) is 14.2 Å². The summed E-state index contributed by atoms with van der Waals surface area (Å²) in [6.07, 6.45) is -0.190. The summed E-state index contributed by atoms with van der Waals surface area (Å²) >= 11 is 0. The van der Waals surface area contributed by atoms with Gasteiger partial charge in [0.15, 0.2) is 24.6 Å². The SMILES string of the molecule is CO[C@@H]1[C@H](N(C)C(=O)Oc2cocn2)C[C@H]2O[C@]1(C)n1c3ccccc3c3c4c(c5c6ccccc6n2c5c31)C(=O)NC4O. The predicted molar refractivity (Wildman–Crippen MR) is 158 cm³/mol. The molecule has 1 fully saturated rings. The molecule has 2 N–H and O–H groups in total. The van der Waals surface area contributed by atoms with E-state index in [1.165, 1.54) is 17.6 Å². The molecule has 12 heteroatoms. The Morgan fingerprint density at radius 3 is 2.57 bits per heavy atom. The van der Waals surface area contributed by atoms with Crippen LogP contribution in [0.5, 0.6) is 5.88 Å². The second-order valence-corrected chi connectivity index (χ2v) is 11.7. The maximum absolute atomic E-state index is 13.6. The second kappa shape index (κ2) is 8.59. The second-order valence-electron chi connectivity index (χ2n) is 11.7. The lowest BCUT2D eigenvalue weighted by Gasteiger charge is -2.50. The van der Waals surface area contributed by atoms with Gasteiger partial charge in [0.1, 0.15) is 12.3 Å². The maximum Gasteiger partial charge on any atom is 0.416 e. The van der Waals surface area contributed by atoms with Crippen molar-refractivity contribution in [3.8, 4) is 5.88 Å². The molecule has 3 aliphatic rings. The third-order valence-electron chi connectivity index (χ3n) is 9.63. The molecule has 1 saturated heterocycles. The van der Waals surface area contributed by atoms with E-state index in [4.69, 9.17) is 18.6 Å².